The molecule has 0 aliphatic rings. The van der Waals surface area contributed by atoms with Crippen molar-refractivity contribution in [1.82, 2.24) is 14.8 Å². The Morgan fingerprint density at radius 1 is 1.63 bits per heavy atom. The Balaban J connectivity index is 2.25. The molecule has 2 aromatic rings. The highest BCUT2D eigenvalue weighted by atomic mass is 32.2. The Kier molecular flexibility index (Phi) is 4.84. The number of nitrogens with two attached hydrogens (primary N) is 1. The van der Waals surface area contributed by atoms with Crippen LogP contribution in [0.4, 0.5) is 0 Å². The van der Waals surface area contributed by atoms with Gasteiger partial charge in [-0.1, -0.05) is 18.7 Å². The molecule has 5 nitrogen and oxygen atoms in total. The fraction of sp³-hybridized carbons (Fsp3) is 0.500. The lowest BCUT2D eigenvalue weighted by molar-refractivity contribution is 0.600. The highest BCUT2D eigenvalue weighted by Gasteiger charge is 2.21. The predicted octanol–water partition coefficient (Wildman–Crippen LogP) is 2.22. The second kappa shape index (κ2) is 6.40. The molecule has 0 aliphatic heterocycles. The average molecular weight is 298 g/mol. The molecule has 19 heavy (non-hydrogen) atoms. The number of rotatable bonds is 6. The van der Waals surface area contributed by atoms with Gasteiger partial charge in [-0.3, -0.25) is 4.57 Å². The van der Waals surface area contributed by atoms with Gasteiger partial charge in [-0.25, -0.2) is 9.89 Å². The Labute approximate surface area is 120 Å². The number of thiophene rings is 1. The first-order valence-electron chi connectivity index (χ1n) is 6.23. The zero-order valence-corrected chi connectivity index (χ0v) is 12.6. The molecule has 2 aromatic heterocycles. The fourth-order valence-electron chi connectivity index (χ4n) is 1.84. The normalized spacial score (nSPS) is 14.5. The molecular formula is C12H18N4OS2. The lowest BCUT2D eigenvalue weighted by Crippen LogP contribution is -2.23. The third-order valence-corrected chi connectivity index (χ3v) is 4.93. The maximum atomic E-state index is 11.7. The van der Waals surface area contributed by atoms with Gasteiger partial charge in [-0.2, -0.15) is 11.3 Å². The van der Waals surface area contributed by atoms with Crippen LogP contribution in [0, 0.1) is 0 Å². The van der Waals surface area contributed by atoms with Crippen LogP contribution in [-0.2, 0) is 6.54 Å². The van der Waals surface area contributed by atoms with Crippen molar-refractivity contribution in [1.29, 1.82) is 0 Å². The Bertz CT molecular complexity index is 559. The maximum absolute atomic E-state index is 11.7. The van der Waals surface area contributed by atoms with E-state index in [1.165, 1.54) is 5.56 Å². The van der Waals surface area contributed by atoms with Crippen molar-refractivity contribution in [3.8, 4) is 0 Å². The number of hydrogen-bond acceptors (Lipinski definition) is 5. The molecule has 0 fully saturated rings. The van der Waals surface area contributed by atoms with E-state index in [1.807, 2.05) is 19.2 Å². The van der Waals surface area contributed by atoms with E-state index in [0.29, 0.717) is 11.7 Å². The third-order valence-electron chi connectivity index (χ3n) is 2.75. The Morgan fingerprint density at radius 3 is 3.00 bits per heavy atom. The average Bonchev–Trinajstić information content (AvgIpc) is 2.99. The quantitative estimate of drug-likeness (QED) is 0.802. The van der Waals surface area contributed by atoms with Crippen LogP contribution in [0.15, 0.2) is 26.8 Å². The van der Waals surface area contributed by atoms with Crippen LogP contribution < -0.4 is 11.4 Å². The molecule has 3 N–H and O–H groups in total. The fourth-order valence-corrected chi connectivity index (χ4v) is 3.75. The molecule has 104 valence electrons. The lowest BCUT2D eigenvalue weighted by Gasteiger charge is -2.18. The van der Waals surface area contributed by atoms with Crippen LogP contribution in [0.1, 0.15) is 31.1 Å². The van der Waals surface area contributed by atoms with Crippen molar-refractivity contribution >= 4 is 23.1 Å². The molecular weight excluding hydrogens is 280 g/mol. The monoisotopic (exact) mass is 298 g/mol. The minimum atomic E-state index is -0.155. The van der Waals surface area contributed by atoms with Crippen LogP contribution in [0.5, 0.6) is 0 Å². The van der Waals surface area contributed by atoms with Crippen LogP contribution in [0.2, 0.25) is 0 Å². The smallest absolute Gasteiger partial charge is 0.327 e. The minimum Gasteiger partial charge on any atom is -0.327 e. The molecule has 0 saturated carbocycles. The summed E-state index contributed by atoms with van der Waals surface area (Å²) in [5.74, 6) is 0. The summed E-state index contributed by atoms with van der Waals surface area (Å²) in [5, 5.41) is 11.6. The third kappa shape index (κ3) is 3.29. The zero-order valence-electron chi connectivity index (χ0n) is 11.0. The number of nitrogens with one attached hydrogen (secondary N) is 1. The number of hydrogen-bond donors (Lipinski definition) is 2. The zero-order chi connectivity index (χ0) is 13.8. The maximum Gasteiger partial charge on any atom is 0.343 e. The van der Waals surface area contributed by atoms with Gasteiger partial charge in [0.1, 0.15) is 0 Å². The Hall–Kier alpha value is -1.05. The summed E-state index contributed by atoms with van der Waals surface area (Å²) in [5.41, 5.74) is 7.09. The summed E-state index contributed by atoms with van der Waals surface area (Å²) < 4.78 is 1.67. The molecule has 2 rings (SSSR count). The van der Waals surface area contributed by atoms with E-state index in [1.54, 1.807) is 27.7 Å². The molecule has 7 heteroatoms. The molecule has 2 unspecified atom stereocenters. The summed E-state index contributed by atoms with van der Waals surface area (Å²) in [6.07, 6.45) is 0.897. The molecule has 2 heterocycles. The lowest BCUT2D eigenvalue weighted by atomic mass is 10.1. The summed E-state index contributed by atoms with van der Waals surface area (Å²) >= 11 is 3.19. The van der Waals surface area contributed by atoms with Crippen molar-refractivity contribution in [3.63, 3.8) is 0 Å². The molecule has 0 aromatic carbocycles. The molecule has 0 radical (unpaired) electrons. The van der Waals surface area contributed by atoms with E-state index in [9.17, 15) is 4.79 Å². The van der Waals surface area contributed by atoms with Crippen LogP contribution in [0.3, 0.4) is 0 Å². The van der Waals surface area contributed by atoms with Crippen LogP contribution >= 0.6 is 23.1 Å². The SMILES string of the molecule is CCCn1c(SC(c2ccsc2)C(C)N)n[nH]c1=O. The van der Waals surface area contributed by atoms with Crippen LogP contribution in [0.25, 0.3) is 0 Å². The standard InChI is InChI=1S/C12H18N4OS2/c1-3-5-16-11(17)14-15-12(16)19-10(8(2)13)9-4-6-18-7-9/h4,6-8,10H,3,5,13H2,1-2H3,(H,14,17). The number of aromatic nitrogens is 3. The molecule has 2 atom stereocenters. The number of thioether (sulfide) groups is 1. The van der Waals surface area contributed by atoms with Gasteiger partial charge in [0.15, 0.2) is 5.16 Å². The first kappa shape index (κ1) is 14.4. The van der Waals surface area contributed by atoms with E-state index < -0.39 is 0 Å². The highest BCUT2D eigenvalue weighted by molar-refractivity contribution is 7.99. The summed E-state index contributed by atoms with van der Waals surface area (Å²) in [4.78, 5) is 11.7. The van der Waals surface area contributed by atoms with Gasteiger partial charge < -0.3 is 5.73 Å². The largest absolute Gasteiger partial charge is 0.343 e. The first-order chi connectivity index (χ1) is 9.13. The van der Waals surface area contributed by atoms with Gasteiger partial charge in [0, 0.05) is 12.6 Å². The minimum absolute atomic E-state index is 0.0125. The second-order valence-electron chi connectivity index (χ2n) is 4.42. The van der Waals surface area contributed by atoms with Gasteiger partial charge in [-0.05, 0) is 35.7 Å². The number of H-pyrrole nitrogens is 1. The molecule has 0 bridgehead atoms. The molecule has 0 aliphatic carbocycles. The van der Waals surface area contributed by atoms with E-state index in [2.05, 4.69) is 21.6 Å². The molecule has 0 amide bonds. The van der Waals surface area contributed by atoms with E-state index in [4.69, 9.17) is 5.73 Å². The van der Waals surface area contributed by atoms with Gasteiger partial charge >= 0.3 is 5.69 Å². The van der Waals surface area contributed by atoms with E-state index in [-0.39, 0.29) is 17.0 Å². The predicted molar refractivity (Wildman–Crippen MR) is 79.7 cm³/mol. The van der Waals surface area contributed by atoms with Gasteiger partial charge in [0.05, 0.1) is 5.25 Å². The topological polar surface area (TPSA) is 76.7 Å². The van der Waals surface area contributed by atoms with Gasteiger partial charge in [0.2, 0.25) is 0 Å². The van der Waals surface area contributed by atoms with Crippen molar-refractivity contribution in [2.45, 2.75) is 43.3 Å². The summed E-state index contributed by atoms with van der Waals surface area (Å²) in [6, 6.07) is 2.06. The van der Waals surface area contributed by atoms with Gasteiger partial charge in [0.25, 0.3) is 0 Å². The molecule has 0 saturated heterocycles. The number of nitrogens with zero attached hydrogens (tertiary/aromatic N) is 2. The first-order valence-corrected chi connectivity index (χ1v) is 8.05. The van der Waals surface area contributed by atoms with Crippen molar-refractivity contribution < 1.29 is 0 Å². The molecule has 0 spiro atoms. The second-order valence-corrected chi connectivity index (χ2v) is 6.31. The Morgan fingerprint density at radius 2 is 2.42 bits per heavy atom. The number of aromatic amines is 1. The van der Waals surface area contributed by atoms with E-state index >= 15 is 0 Å². The summed E-state index contributed by atoms with van der Waals surface area (Å²) in [7, 11) is 0. The van der Waals surface area contributed by atoms with Crippen molar-refractivity contribution in [2.75, 3.05) is 0 Å². The van der Waals surface area contributed by atoms with Crippen molar-refractivity contribution in [3.05, 3.63) is 32.9 Å². The van der Waals surface area contributed by atoms with Gasteiger partial charge in [-0.15, -0.1) is 5.10 Å². The summed E-state index contributed by atoms with van der Waals surface area (Å²) in [6.45, 7) is 4.69. The van der Waals surface area contributed by atoms with E-state index in [0.717, 1.165) is 6.42 Å². The van der Waals surface area contributed by atoms with Crippen molar-refractivity contribution in [2.24, 2.45) is 5.73 Å². The highest BCUT2D eigenvalue weighted by Crippen LogP contribution is 2.36. The van der Waals surface area contributed by atoms with Crippen LogP contribution in [-0.4, -0.2) is 20.8 Å².